The summed E-state index contributed by atoms with van der Waals surface area (Å²) < 4.78 is 43.9. The van der Waals surface area contributed by atoms with Gasteiger partial charge in [0.25, 0.3) is 0 Å². The van der Waals surface area contributed by atoms with Gasteiger partial charge in [-0.15, -0.1) is 0 Å². The van der Waals surface area contributed by atoms with Crippen LogP contribution < -0.4 is 5.73 Å². The zero-order valence-electron chi connectivity index (χ0n) is 7.30. The lowest BCUT2D eigenvalue weighted by atomic mass is 10.1. The largest absolute Gasteiger partial charge is 0.394 e. The van der Waals surface area contributed by atoms with Crippen molar-refractivity contribution in [3.63, 3.8) is 0 Å². The van der Waals surface area contributed by atoms with Crippen LogP contribution in [0.5, 0.6) is 0 Å². The fourth-order valence-corrected chi connectivity index (χ4v) is 1.17. The van der Waals surface area contributed by atoms with Gasteiger partial charge in [-0.25, -0.2) is 13.2 Å². The molecule has 78 valence electrons. The first-order valence-electron chi connectivity index (χ1n) is 3.95. The minimum absolute atomic E-state index is 0.0570. The van der Waals surface area contributed by atoms with E-state index in [1.807, 2.05) is 0 Å². The van der Waals surface area contributed by atoms with Crippen LogP contribution in [-0.4, -0.2) is 5.16 Å². The fraction of sp³-hybridized carbons (Fsp3) is 0. The first-order valence-corrected chi connectivity index (χ1v) is 3.95. The van der Waals surface area contributed by atoms with E-state index < -0.39 is 23.0 Å². The molecule has 0 aliphatic carbocycles. The van der Waals surface area contributed by atoms with Gasteiger partial charge in [-0.2, -0.15) is 0 Å². The molecule has 1 aromatic carbocycles. The molecule has 0 radical (unpaired) electrons. The van der Waals surface area contributed by atoms with Gasteiger partial charge < -0.3 is 10.3 Å². The lowest BCUT2D eigenvalue weighted by Gasteiger charge is -2.02. The zero-order chi connectivity index (χ0) is 11.0. The summed E-state index contributed by atoms with van der Waals surface area (Å²) in [6.07, 6.45) is 1.08. The molecule has 2 aromatic rings. The van der Waals surface area contributed by atoms with Crippen LogP contribution in [0.4, 0.5) is 18.9 Å². The standard InChI is InChI=1S/C9H5F3N2O/c10-4-1-2-5(11)8(12)7(4)9-6(13)3-14-15-9/h1-3H,13H2. The average molecular weight is 214 g/mol. The Labute approximate surface area is 82.3 Å². The summed E-state index contributed by atoms with van der Waals surface area (Å²) in [6.45, 7) is 0. The molecule has 0 atom stereocenters. The van der Waals surface area contributed by atoms with Gasteiger partial charge in [0.15, 0.2) is 17.4 Å². The van der Waals surface area contributed by atoms with Gasteiger partial charge in [0.05, 0.1) is 11.8 Å². The van der Waals surface area contributed by atoms with Crippen LogP contribution in [0.15, 0.2) is 22.9 Å². The highest BCUT2D eigenvalue weighted by molar-refractivity contribution is 5.70. The minimum Gasteiger partial charge on any atom is -0.394 e. The molecule has 0 unspecified atom stereocenters. The molecule has 2 N–H and O–H groups in total. The molecule has 0 aliphatic heterocycles. The molecule has 0 spiro atoms. The SMILES string of the molecule is Nc1cnoc1-c1c(F)ccc(F)c1F. The molecular weight excluding hydrogens is 209 g/mol. The van der Waals surface area contributed by atoms with Crippen LogP contribution in [0.25, 0.3) is 11.3 Å². The van der Waals surface area contributed by atoms with Crippen molar-refractivity contribution in [2.45, 2.75) is 0 Å². The van der Waals surface area contributed by atoms with Crippen LogP contribution in [0.2, 0.25) is 0 Å². The van der Waals surface area contributed by atoms with E-state index in [-0.39, 0.29) is 11.4 Å². The van der Waals surface area contributed by atoms with Crippen molar-refractivity contribution in [2.75, 3.05) is 5.73 Å². The van der Waals surface area contributed by atoms with Crippen LogP contribution in [0, 0.1) is 17.5 Å². The van der Waals surface area contributed by atoms with Crippen molar-refractivity contribution in [3.8, 4) is 11.3 Å². The van der Waals surface area contributed by atoms with E-state index in [1.165, 1.54) is 0 Å². The highest BCUT2D eigenvalue weighted by Gasteiger charge is 2.20. The first kappa shape index (κ1) is 9.57. The Morgan fingerprint density at radius 1 is 1.13 bits per heavy atom. The topological polar surface area (TPSA) is 52.0 Å². The van der Waals surface area contributed by atoms with E-state index in [2.05, 4.69) is 9.68 Å². The van der Waals surface area contributed by atoms with E-state index in [0.717, 1.165) is 12.3 Å². The van der Waals surface area contributed by atoms with E-state index in [1.54, 1.807) is 0 Å². The normalized spacial score (nSPS) is 10.6. The van der Waals surface area contributed by atoms with Crippen molar-refractivity contribution in [1.29, 1.82) is 0 Å². The molecule has 0 aliphatic rings. The van der Waals surface area contributed by atoms with Gasteiger partial charge >= 0.3 is 0 Å². The second-order valence-electron chi connectivity index (χ2n) is 2.83. The van der Waals surface area contributed by atoms with Gasteiger partial charge in [0.2, 0.25) is 0 Å². The van der Waals surface area contributed by atoms with Crippen LogP contribution >= 0.6 is 0 Å². The maximum absolute atomic E-state index is 13.2. The molecule has 6 heteroatoms. The quantitative estimate of drug-likeness (QED) is 0.741. The number of aromatic nitrogens is 1. The Morgan fingerprint density at radius 2 is 1.80 bits per heavy atom. The highest BCUT2D eigenvalue weighted by atomic mass is 19.2. The van der Waals surface area contributed by atoms with E-state index >= 15 is 0 Å². The Balaban J connectivity index is 2.72. The number of rotatable bonds is 1. The van der Waals surface area contributed by atoms with Gasteiger partial charge in [0, 0.05) is 0 Å². The molecule has 1 heterocycles. The number of hydrogen-bond acceptors (Lipinski definition) is 3. The number of benzene rings is 1. The van der Waals surface area contributed by atoms with Crippen molar-refractivity contribution in [1.82, 2.24) is 5.16 Å². The van der Waals surface area contributed by atoms with E-state index in [4.69, 9.17) is 5.73 Å². The number of anilines is 1. The maximum Gasteiger partial charge on any atom is 0.195 e. The Kier molecular flexibility index (Phi) is 2.11. The molecule has 3 nitrogen and oxygen atoms in total. The van der Waals surface area contributed by atoms with Gasteiger partial charge in [-0.1, -0.05) is 5.16 Å². The Hall–Kier alpha value is -1.98. The summed E-state index contributed by atoms with van der Waals surface area (Å²) in [6, 6.07) is 1.47. The fourth-order valence-electron chi connectivity index (χ4n) is 1.17. The summed E-state index contributed by atoms with van der Waals surface area (Å²) >= 11 is 0. The van der Waals surface area contributed by atoms with Crippen LogP contribution in [-0.2, 0) is 0 Å². The van der Waals surface area contributed by atoms with Gasteiger partial charge in [-0.3, -0.25) is 0 Å². The van der Waals surface area contributed by atoms with E-state index in [9.17, 15) is 13.2 Å². The minimum atomic E-state index is -1.35. The number of nitrogens with zero attached hydrogens (tertiary/aromatic N) is 1. The van der Waals surface area contributed by atoms with Crippen molar-refractivity contribution in [3.05, 3.63) is 35.8 Å². The highest BCUT2D eigenvalue weighted by Crippen LogP contribution is 2.31. The van der Waals surface area contributed by atoms with E-state index in [0.29, 0.717) is 6.07 Å². The summed E-state index contributed by atoms with van der Waals surface area (Å²) in [5, 5.41) is 3.25. The monoisotopic (exact) mass is 214 g/mol. The van der Waals surface area contributed by atoms with Gasteiger partial charge in [0.1, 0.15) is 11.5 Å². The lowest BCUT2D eigenvalue weighted by Crippen LogP contribution is -1.95. The summed E-state index contributed by atoms with van der Waals surface area (Å²) in [5.41, 5.74) is 4.64. The van der Waals surface area contributed by atoms with Crippen molar-refractivity contribution >= 4 is 5.69 Å². The molecule has 0 saturated heterocycles. The average Bonchev–Trinajstić information content (AvgIpc) is 2.60. The molecule has 2 rings (SSSR count). The summed E-state index contributed by atoms with van der Waals surface area (Å²) in [4.78, 5) is 0. The second kappa shape index (κ2) is 3.30. The molecule has 0 bridgehead atoms. The number of hydrogen-bond donors (Lipinski definition) is 1. The number of nitrogens with two attached hydrogens (primary N) is 1. The Morgan fingerprint density at radius 3 is 2.40 bits per heavy atom. The van der Waals surface area contributed by atoms with Crippen molar-refractivity contribution in [2.24, 2.45) is 0 Å². The number of nitrogen functional groups attached to an aromatic ring is 1. The third-order valence-electron chi connectivity index (χ3n) is 1.87. The Bertz CT molecular complexity index is 510. The molecule has 0 fully saturated rings. The first-order chi connectivity index (χ1) is 7.11. The third kappa shape index (κ3) is 1.43. The van der Waals surface area contributed by atoms with Gasteiger partial charge in [-0.05, 0) is 12.1 Å². The summed E-state index contributed by atoms with van der Waals surface area (Å²) in [5.74, 6) is -3.80. The molecule has 15 heavy (non-hydrogen) atoms. The smallest absolute Gasteiger partial charge is 0.195 e. The zero-order valence-corrected chi connectivity index (χ0v) is 7.30. The summed E-state index contributed by atoms with van der Waals surface area (Å²) in [7, 11) is 0. The van der Waals surface area contributed by atoms with Crippen molar-refractivity contribution < 1.29 is 17.7 Å². The predicted octanol–water partition coefficient (Wildman–Crippen LogP) is 2.34. The number of halogens is 3. The van der Waals surface area contributed by atoms with Crippen LogP contribution in [0.3, 0.4) is 0 Å². The van der Waals surface area contributed by atoms with Crippen LogP contribution in [0.1, 0.15) is 0 Å². The molecular formula is C9H5F3N2O. The third-order valence-corrected chi connectivity index (χ3v) is 1.87. The maximum atomic E-state index is 13.2. The predicted molar refractivity (Wildman–Crippen MR) is 46.2 cm³/mol. The molecule has 1 aromatic heterocycles. The molecule has 0 amide bonds. The lowest BCUT2D eigenvalue weighted by molar-refractivity contribution is 0.423. The second-order valence-corrected chi connectivity index (χ2v) is 2.83. The molecule has 0 saturated carbocycles.